The van der Waals surface area contributed by atoms with Crippen molar-refractivity contribution in [3.63, 3.8) is 0 Å². The second-order valence-electron chi connectivity index (χ2n) is 5.12. The van der Waals surface area contributed by atoms with E-state index in [2.05, 4.69) is 16.8 Å². The number of likely N-dealkylation sites (N-methyl/N-ethyl adjacent to an activating group) is 1. The molecule has 2 rings (SSSR count). The molecule has 0 unspecified atom stereocenters. The summed E-state index contributed by atoms with van der Waals surface area (Å²) < 4.78 is 4.94. The van der Waals surface area contributed by atoms with Gasteiger partial charge in [0.25, 0.3) is 0 Å². The van der Waals surface area contributed by atoms with Gasteiger partial charge in [0.2, 0.25) is 0 Å². The average Bonchev–Trinajstić information content (AvgIpc) is 2.41. The maximum atomic E-state index is 12.2. The summed E-state index contributed by atoms with van der Waals surface area (Å²) >= 11 is 0. The molecular weight excluding hydrogens is 256 g/mol. The number of ketones is 1. The Morgan fingerprint density at radius 1 is 1.10 bits per heavy atom. The maximum absolute atomic E-state index is 12.2. The molecule has 108 valence electrons. The van der Waals surface area contributed by atoms with E-state index >= 15 is 0 Å². The fourth-order valence-corrected chi connectivity index (χ4v) is 2.18. The monoisotopic (exact) mass is 276 g/mol. The Balaban J connectivity index is 1.90. The van der Waals surface area contributed by atoms with Gasteiger partial charge in [0.05, 0.1) is 6.54 Å². The first kappa shape index (κ1) is 14.7. The molecule has 0 aromatic heterocycles. The van der Waals surface area contributed by atoms with Crippen molar-refractivity contribution in [2.75, 3.05) is 39.8 Å². The predicted octanol–water partition coefficient (Wildman–Crippen LogP) is 1.04. The van der Waals surface area contributed by atoms with Crippen molar-refractivity contribution in [1.82, 2.24) is 9.80 Å². The SMILES string of the molecule is CC(=O)Oc1ccc(C(=O)CN2CCN(C)CC2)cc1. The van der Waals surface area contributed by atoms with E-state index in [9.17, 15) is 9.59 Å². The summed E-state index contributed by atoms with van der Waals surface area (Å²) in [5.41, 5.74) is 0.653. The van der Waals surface area contributed by atoms with Gasteiger partial charge in [-0.2, -0.15) is 0 Å². The molecule has 5 nitrogen and oxygen atoms in total. The minimum absolute atomic E-state index is 0.101. The zero-order chi connectivity index (χ0) is 14.5. The van der Waals surface area contributed by atoms with Gasteiger partial charge in [0.1, 0.15) is 5.75 Å². The Bertz CT molecular complexity index is 476. The van der Waals surface area contributed by atoms with E-state index in [0.717, 1.165) is 26.2 Å². The van der Waals surface area contributed by atoms with E-state index in [0.29, 0.717) is 17.9 Å². The Labute approximate surface area is 119 Å². The molecule has 0 aliphatic carbocycles. The highest BCUT2D eigenvalue weighted by Gasteiger charge is 2.17. The largest absolute Gasteiger partial charge is 0.427 e. The number of carbonyl (C=O) groups excluding carboxylic acids is 2. The smallest absolute Gasteiger partial charge is 0.308 e. The lowest BCUT2D eigenvalue weighted by Crippen LogP contribution is -2.46. The number of ether oxygens (including phenoxy) is 1. The molecule has 1 heterocycles. The van der Waals surface area contributed by atoms with E-state index in [1.807, 2.05) is 0 Å². The number of esters is 1. The van der Waals surface area contributed by atoms with Gasteiger partial charge < -0.3 is 9.64 Å². The van der Waals surface area contributed by atoms with Crippen molar-refractivity contribution in [2.45, 2.75) is 6.92 Å². The first-order valence-corrected chi connectivity index (χ1v) is 6.77. The van der Waals surface area contributed by atoms with Crippen molar-refractivity contribution in [3.8, 4) is 5.75 Å². The van der Waals surface area contributed by atoms with Crippen LogP contribution in [0, 0.1) is 0 Å². The lowest BCUT2D eigenvalue weighted by molar-refractivity contribution is -0.131. The molecule has 20 heavy (non-hydrogen) atoms. The number of carbonyl (C=O) groups is 2. The number of hydrogen-bond donors (Lipinski definition) is 0. The van der Waals surface area contributed by atoms with Crippen LogP contribution in [0.4, 0.5) is 0 Å². The Kier molecular flexibility index (Phi) is 4.87. The summed E-state index contributed by atoms with van der Waals surface area (Å²) in [5, 5.41) is 0. The summed E-state index contributed by atoms with van der Waals surface area (Å²) in [5.74, 6) is 0.207. The number of rotatable bonds is 4. The molecule has 1 fully saturated rings. The number of Topliss-reactive ketones (excluding diaryl/α,β-unsaturated/α-hetero) is 1. The average molecular weight is 276 g/mol. The van der Waals surface area contributed by atoms with Crippen molar-refractivity contribution in [2.24, 2.45) is 0 Å². The van der Waals surface area contributed by atoms with Crippen molar-refractivity contribution < 1.29 is 14.3 Å². The van der Waals surface area contributed by atoms with Gasteiger partial charge in [-0.1, -0.05) is 0 Å². The first-order chi connectivity index (χ1) is 9.54. The van der Waals surface area contributed by atoms with E-state index < -0.39 is 0 Å². The minimum atomic E-state index is -0.360. The molecule has 1 aliphatic heterocycles. The number of hydrogen-bond acceptors (Lipinski definition) is 5. The van der Waals surface area contributed by atoms with Gasteiger partial charge in [0, 0.05) is 38.7 Å². The van der Waals surface area contributed by atoms with Crippen molar-refractivity contribution in [1.29, 1.82) is 0 Å². The van der Waals surface area contributed by atoms with E-state index in [4.69, 9.17) is 4.74 Å². The molecule has 1 aliphatic rings. The Morgan fingerprint density at radius 3 is 2.25 bits per heavy atom. The molecule has 0 saturated carbocycles. The standard InChI is InChI=1S/C15H20N2O3/c1-12(18)20-14-5-3-13(4-6-14)15(19)11-17-9-7-16(2)8-10-17/h3-6H,7-11H2,1-2H3. The second kappa shape index (κ2) is 6.63. The van der Waals surface area contributed by atoms with Crippen LogP contribution in [0.2, 0.25) is 0 Å². The van der Waals surface area contributed by atoms with Crippen LogP contribution in [0.25, 0.3) is 0 Å². The van der Waals surface area contributed by atoms with Gasteiger partial charge in [-0.15, -0.1) is 0 Å². The zero-order valence-electron chi connectivity index (χ0n) is 12.0. The van der Waals surface area contributed by atoms with E-state index in [-0.39, 0.29) is 11.8 Å². The molecule has 0 atom stereocenters. The summed E-state index contributed by atoms with van der Waals surface area (Å²) in [6.07, 6.45) is 0. The normalized spacial score (nSPS) is 16.9. The third-order valence-electron chi connectivity index (χ3n) is 3.40. The zero-order valence-corrected chi connectivity index (χ0v) is 12.0. The number of benzene rings is 1. The molecule has 0 spiro atoms. The summed E-state index contributed by atoms with van der Waals surface area (Å²) in [4.78, 5) is 27.4. The minimum Gasteiger partial charge on any atom is -0.427 e. The van der Waals surface area contributed by atoms with Gasteiger partial charge in [0.15, 0.2) is 5.78 Å². The van der Waals surface area contributed by atoms with E-state index in [1.54, 1.807) is 24.3 Å². The highest BCUT2D eigenvalue weighted by molar-refractivity contribution is 5.97. The van der Waals surface area contributed by atoms with Crippen LogP contribution in [-0.2, 0) is 4.79 Å². The lowest BCUT2D eigenvalue weighted by atomic mass is 10.1. The highest BCUT2D eigenvalue weighted by Crippen LogP contribution is 2.13. The molecule has 1 saturated heterocycles. The van der Waals surface area contributed by atoms with Gasteiger partial charge in [-0.25, -0.2) is 0 Å². The number of nitrogens with zero attached hydrogens (tertiary/aromatic N) is 2. The number of piperazine rings is 1. The molecule has 1 aromatic carbocycles. The fraction of sp³-hybridized carbons (Fsp3) is 0.467. The summed E-state index contributed by atoms with van der Waals surface area (Å²) in [7, 11) is 2.09. The van der Waals surface area contributed by atoms with E-state index in [1.165, 1.54) is 6.92 Å². The molecule has 0 amide bonds. The lowest BCUT2D eigenvalue weighted by Gasteiger charge is -2.31. The topological polar surface area (TPSA) is 49.9 Å². The summed E-state index contributed by atoms with van der Waals surface area (Å²) in [6, 6.07) is 6.71. The van der Waals surface area contributed by atoms with Crippen LogP contribution >= 0.6 is 0 Å². The summed E-state index contributed by atoms with van der Waals surface area (Å²) in [6.45, 7) is 5.64. The molecule has 0 N–H and O–H groups in total. The van der Waals surface area contributed by atoms with Crippen LogP contribution in [-0.4, -0.2) is 61.3 Å². The second-order valence-corrected chi connectivity index (χ2v) is 5.12. The van der Waals surface area contributed by atoms with Crippen molar-refractivity contribution in [3.05, 3.63) is 29.8 Å². The Morgan fingerprint density at radius 2 is 1.70 bits per heavy atom. The van der Waals surface area contributed by atoms with Crippen LogP contribution in [0.3, 0.4) is 0 Å². The third kappa shape index (κ3) is 4.15. The maximum Gasteiger partial charge on any atom is 0.308 e. The van der Waals surface area contributed by atoms with Gasteiger partial charge >= 0.3 is 5.97 Å². The third-order valence-corrected chi connectivity index (χ3v) is 3.40. The Hall–Kier alpha value is -1.72. The van der Waals surface area contributed by atoms with Crippen molar-refractivity contribution >= 4 is 11.8 Å². The quantitative estimate of drug-likeness (QED) is 0.467. The molecule has 1 aromatic rings. The van der Waals surface area contributed by atoms with Crippen LogP contribution in [0.15, 0.2) is 24.3 Å². The molecular formula is C15H20N2O3. The molecule has 0 bridgehead atoms. The fourth-order valence-electron chi connectivity index (χ4n) is 2.18. The highest BCUT2D eigenvalue weighted by atomic mass is 16.5. The molecule has 0 radical (unpaired) electrons. The van der Waals surface area contributed by atoms with Crippen LogP contribution < -0.4 is 4.74 Å². The van der Waals surface area contributed by atoms with Crippen LogP contribution in [0.1, 0.15) is 17.3 Å². The predicted molar refractivity (Wildman–Crippen MR) is 76.0 cm³/mol. The first-order valence-electron chi connectivity index (χ1n) is 6.77. The van der Waals surface area contributed by atoms with Crippen LogP contribution in [0.5, 0.6) is 5.75 Å². The molecule has 5 heteroatoms. The van der Waals surface area contributed by atoms with Gasteiger partial charge in [-0.05, 0) is 31.3 Å². The van der Waals surface area contributed by atoms with Gasteiger partial charge in [-0.3, -0.25) is 14.5 Å².